The summed E-state index contributed by atoms with van der Waals surface area (Å²) >= 11 is 0. The molecule has 0 bridgehead atoms. The smallest absolute Gasteiger partial charge is 0.0822 e. The normalized spacial score (nSPS) is 17.0. The molecule has 116 valence electrons. The summed E-state index contributed by atoms with van der Waals surface area (Å²) in [5.74, 6) is 7.14. The maximum absolute atomic E-state index is 4.09. The highest BCUT2D eigenvalue weighted by Crippen LogP contribution is 2.27. The standard InChI is InChI=1S/C22H23N/c1-2-21(20-13-7-4-8-14-20)22(23-17-9-10-18-23)16-15-19-11-5-3-6-12-19/h2-8,11-14,21-22H,1,9-10,17-18H2. The molecule has 1 aliphatic rings. The summed E-state index contributed by atoms with van der Waals surface area (Å²) in [7, 11) is 0. The van der Waals surface area contributed by atoms with Gasteiger partial charge >= 0.3 is 0 Å². The maximum atomic E-state index is 4.09. The molecule has 1 saturated heterocycles. The van der Waals surface area contributed by atoms with Crippen LogP contribution in [0.1, 0.15) is 29.9 Å². The third-order valence-corrected chi connectivity index (χ3v) is 4.45. The molecule has 1 heterocycles. The highest BCUT2D eigenvalue weighted by Gasteiger charge is 2.27. The van der Waals surface area contributed by atoms with Crippen LogP contribution >= 0.6 is 0 Å². The van der Waals surface area contributed by atoms with E-state index in [2.05, 4.69) is 71.9 Å². The highest BCUT2D eigenvalue weighted by molar-refractivity contribution is 5.38. The van der Waals surface area contributed by atoms with Crippen LogP contribution in [0, 0.1) is 11.8 Å². The molecule has 0 N–H and O–H groups in total. The molecule has 23 heavy (non-hydrogen) atoms. The van der Waals surface area contributed by atoms with Gasteiger partial charge in [-0.15, -0.1) is 6.58 Å². The van der Waals surface area contributed by atoms with Crippen molar-refractivity contribution in [2.75, 3.05) is 13.1 Å². The van der Waals surface area contributed by atoms with Crippen molar-refractivity contribution >= 4 is 0 Å². The van der Waals surface area contributed by atoms with E-state index in [1.54, 1.807) is 0 Å². The summed E-state index contributed by atoms with van der Waals surface area (Å²) < 4.78 is 0. The molecular formula is C22H23N. The minimum absolute atomic E-state index is 0.192. The molecule has 0 saturated carbocycles. The fraction of sp³-hybridized carbons (Fsp3) is 0.273. The van der Waals surface area contributed by atoms with E-state index < -0.39 is 0 Å². The first kappa shape index (κ1) is 15.6. The fourth-order valence-electron chi connectivity index (χ4n) is 3.23. The summed E-state index contributed by atoms with van der Waals surface area (Å²) in [6.07, 6.45) is 4.59. The SMILES string of the molecule is C=CC(c1ccccc1)C(C#Cc1ccccc1)N1CCCC1. The maximum Gasteiger partial charge on any atom is 0.0822 e. The number of benzene rings is 2. The van der Waals surface area contributed by atoms with Crippen molar-refractivity contribution in [3.63, 3.8) is 0 Å². The number of hydrogen-bond donors (Lipinski definition) is 0. The van der Waals surface area contributed by atoms with E-state index >= 15 is 0 Å². The van der Waals surface area contributed by atoms with Gasteiger partial charge in [-0.25, -0.2) is 0 Å². The average molecular weight is 301 g/mol. The minimum Gasteiger partial charge on any atom is -0.289 e. The van der Waals surface area contributed by atoms with Crippen molar-refractivity contribution in [2.24, 2.45) is 0 Å². The molecule has 3 rings (SSSR count). The molecule has 1 nitrogen and oxygen atoms in total. The first-order valence-corrected chi connectivity index (χ1v) is 8.36. The number of likely N-dealkylation sites (tertiary alicyclic amines) is 1. The van der Waals surface area contributed by atoms with Crippen LogP contribution in [0.5, 0.6) is 0 Å². The molecule has 2 aromatic rings. The molecule has 2 unspecified atom stereocenters. The third kappa shape index (κ3) is 3.92. The van der Waals surface area contributed by atoms with E-state index in [1.807, 2.05) is 18.2 Å². The second kappa shape index (κ2) is 7.81. The van der Waals surface area contributed by atoms with E-state index in [0.717, 1.165) is 18.7 Å². The van der Waals surface area contributed by atoms with Gasteiger partial charge in [-0.05, 0) is 43.6 Å². The van der Waals surface area contributed by atoms with Crippen LogP contribution in [0.3, 0.4) is 0 Å². The van der Waals surface area contributed by atoms with E-state index in [-0.39, 0.29) is 12.0 Å². The van der Waals surface area contributed by atoms with Crippen LogP contribution in [0.2, 0.25) is 0 Å². The minimum atomic E-state index is 0.192. The van der Waals surface area contributed by atoms with Crippen molar-refractivity contribution < 1.29 is 0 Å². The van der Waals surface area contributed by atoms with Crippen LogP contribution in [0.25, 0.3) is 0 Å². The molecule has 1 fully saturated rings. The zero-order valence-corrected chi connectivity index (χ0v) is 13.5. The molecule has 0 spiro atoms. The first-order chi connectivity index (χ1) is 11.4. The Morgan fingerprint density at radius 3 is 2.13 bits per heavy atom. The van der Waals surface area contributed by atoms with Crippen molar-refractivity contribution in [2.45, 2.75) is 24.8 Å². The summed E-state index contributed by atoms with van der Waals surface area (Å²) in [6.45, 7) is 6.35. The van der Waals surface area contributed by atoms with Gasteiger partial charge in [0.2, 0.25) is 0 Å². The monoisotopic (exact) mass is 301 g/mol. The van der Waals surface area contributed by atoms with Crippen molar-refractivity contribution in [3.05, 3.63) is 84.4 Å². The zero-order valence-electron chi connectivity index (χ0n) is 13.5. The van der Waals surface area contributed by atoms with Crippen molar-refractivity contribution in [1.82, 2.24) is 4.90 Å². The van der Waals surface area contributed by atoms with Crippen LogP contribution < -0.4 is 0 Å². The largest absolute Gasteiger partial charge is 0.289 e. The predicted octanol–water partition coefficient (Wildman–Crippen LogP) is 4.47. The zero-order chi connectivity index (χ0) is 15.9. The van der Waals surface area contributed by atoms with Gasteiger partial charge in [-0.2, -0.15) is 0 Å². The Morgan fingerprint density at radius 2 is 1.52 bits per heavy atom. The van der Waals surface area contributed by atoms with Crippen molar-refractivity contribution in [1.29, 1.82) is 0 Å². The lowest BCUT2D eigenvalue weighted by molar-refractivity contribution is 0.275. The Hall–Kier alpha value is -2.30. The molecule has 0 radical (unpaired) electrons. The van der Waals surface area contributed by atoms with Gasteiger partial charge in [0.1, 0.15) is 0 Å². The second-order valence-corrected chi connectivity index (χ2v) is 6.00. The number of rotatable bonds is 4. The van der Waals surface area contributed by atoms with E-state index in [1.165, 1.54) is 18.4 Å². The van der Waals surface area contributed by atoms with Gasteiger partial charge < -0.3 is 0 Å². The second-order valence-electron chi connectivity index (χ2n) is 6.00. The van der Waals surface area contributed by atoms with Crippen LogP contribution in [-0.4, -0.2) is 24.0 Å². The van der Waals surface area contributed by atoms with Gasteiger partial charge in [0.25, 0.3) is 0 Å². The van der Waals surface area contributed by atoms with Gasteiger partial charge in [0.05, 0.1) is 6.04 Å². The Morgan fingerprint density at radius 1 is 0.913 bits per heavy atom. The lowest BCUT2D eigenvalue weighted by Crippen LogP contribution is -2.36. The van der Waals surface area contributed by atoms with Crippen LogP contribution in [0.15, 0.2) is 73.3 Å². The Labute approximate surface area is 139 Å². The summed E-state index contributed by atoms with van der Waals surface area (Å²) in [6, 6.07) is 21.0. The number of nitrogens with zero attached hydrogens (tertiary/aromatic N) is 1. The molecule has 1 heteroatoms. The molecule has 2 aromatic carbocycles. The predicted molar refractivity (Wildman–Crippen MR) is 97.3 cm³/mol. The molecule has 1 aliphatic heterocycles. The third-order valence-electron chi connectivity index (χ3n) is 4.45. The van der Waals surface area contributed by atoms with E-state index in [4.69, 9.17) is 0 Å². The van der Waals surface area contributed by atoms with Gasteiger partial charge in [0, 0.05) is 11.5 Å². The van der Waals surface area contributed by atoms with Gasteiger partial charge in [-0.1, -0.05) is 66.4 Å². The van der Waals surface area contributed by atoms with Crippen LogP contribution in [0.4, 0.5) is 0 Å². The van der Waals surface area contributed by atoms with E-state index in [9.17, 15) is 0 Å². The Bertz CT molecular complexity index is 672. The lowest BCUT2D eigenvalue weighted by atomic mass is 9.90. The van der Waals surface area contributed by atoms with Gasteiger partial charge in [-0.3, -0.25) is 4.90 Å². The van der Waals surface area contributed by atoms with Gasteiger partial charge in [0.15, 0.2) is 0 Å². The average Bonchev–Trinajstić information content (AvgIpc) is 3.14. The molecule has 2 atom stereocenters. The molecular weight excluding hydrogens is 278 g/mol. The van der Waals surface area contributed by atoms with Crippen LogP contribution in [-0.2, 0) is 0 Å². The topological polar surface area (TPSA) is 3.24 Å². The fourth-order valence-corrected chi connectivity index (χ4v) is 3.23. The summed E-state index contributed by atoms with van der Waals surface area (Å²) in [4.78, 5) is 2.51. The Balaban J connectivity index is 1.92. The van der Waals surface area contributed by atoms with E-state index in [0.29, 0.717) is 0 Å². The summed E-state index contributed by atoms with van der Waals surface area (Å²) in [5, 5.41) is 0. The van der Waals surface area contributed by atoms with Crippen molar-refractivity contribution in [3.8, 4) is 11.8 Å². The molecule has 0 aliphatic carbocycles. The molecule has 0 amide bonds. The summed E-state index contributed by atoms with van der Waals surface area (Å²) in [5.41, 5.74) is 2.37. The molecule has 0 aromatic heterocycles. The Kier molecular flexibility index (Phi) is 5.29. The highest BCUT2D eigenvalue weighted by atomic mass is 15.2. The first-order valence-electron chi connectivity index (χ1n) is 8.36. The number of hydrogen-bond acceptors (Lipinski definition) is 1. The lowest BCUT2D eigenvalue weighted by Gasteiger charge is -2.29. The quantitative estimate of drug-likeness (QED) is 0.595.